The van der Waals surface area contributed by atoms with Gasteiger partial charge in [-0.15, -0.1) is 11.3 Å². The van der Waals surface area contributed by atoms with Crippen molar-refractivity contribution in [2.45, 2.75) is 0 Å². The van der Waals surface area contributed by atoms with Gasteiger partial charge in [-0.25, -0.2) is 4.98 Å². The van der Waals surface area contributed by atoms with Gasteiger partial charge in [0.05, 0.1) is 10.2 Å². The van der Waals surface area contributed by atoms with E-state index in [2.05, 4.69) is 157 Å². The molecule has 7 aromatic carbocycles. The van der Waals surface area contributed by atoms with Crippen molar-refractivity contribution in [1.82, 2.24) is 4.98 Å². The van der Waals surface area contributed by atoms with Crippen LogP contribution >= 0.6 is 11.3 Å². The van der Waals surface area contributed by atoms with Gasteiger partial charge in [0.2, 0.25) is 0 Å². The first-order chi connectivity index (χ1) is 23.3. The third-order valence-electron chi connectivity index (χ3n) is 8.72. The molecule has 47 heavy (non-hydrogen) atoms. The van der Waals surface area contributed by atoms with Gasteiger partial charge in [-0.3, -0.25) is 0 Å². The topological polar surface area (TPSA) is 29.3 Å². The third-order valence-corrected chi connectivity index (χ3v) is 9.86. The molecule has 2 aromatic heterocycles. The minimum absolute atomic E-state index is 0.857. The fraction of sp³-hybridized carbons (Fsp3) is 0. The lowest BCUT2D eigenvalue weighted by Crippen LogP contribution is -2.09. The molecule has 4 heteroatoms. The quantitative estimate of drug-likeness (QED) is 0.185. The van der Waals surface area contributed by atoms with E-state index in [9.17, 15) is 0 Å². The number of thiazole rings is 1. The van der Waals surface area contributed by atoms with Gasteiger partial charge in [0, 0.05) is 39.5 Å². The predicted molar refractivity (Wildman–Crippen MR) is 198 cm³/mol. The average Bonchev–Trinajstić information content (AvgIpc) is 3.75. The lowest BCUT2D eigenvalue weighted by Gasteiger charge is -2.25. The van der Waals surface area contributed by atoms with Crippen molar-refractivity contribution in [3.8, 4) is 32.8 Å². The molecule has 0 saturated heterocycles. The Balaban J connectivity index is 1.10. The molecule has 0 N–H and O–H groups in total. The van der Waals surface area contributed by atoms with Crippen LogP contribution in [-0.2, 0) is 0 Å². The molecule has 9 aromatic rings. The van der Waals surface area contributed by atoms with Crippen molar-refractivity contribution in [3.63, 3.8) is 0 Å². The second-order valence-electron chi connectivity index (χ2n) is 11.6. The highest BCUT2D eigenvalue weighted by Crippen LogP contribution is 2.43. The van der Waals surface area contributed by atoms with Gasteiger partial charge in [0.1, 0.15) is 16.2 Å². The van der Waals surface area contributed by atoms with Crippen molar-refractivity contribution in [3.05, 3.63) is 170 Å². The van der Waals surface area contributed by atoms with E-state index in [-0.39, 0.29) is 0 Å². The standard InChI is InChI=1S/C43H28N2OS/c1-4-10-29(11-5-1)30-16-18-31(19-17-30)32-20-22-35(23-21-32)45(34-14-8-3-9-15-34)36-24-25-37-40(28-36)46-39-27-26-38-42(41(37)39)47-43(44-38)33-12-6-2-7-13-33/h1-28H. The molecular formula is C43H28N2OS. The molecule has 222 valence electrons. The van der Waals surface area contributed by atoms with Crippen molar-refractivity contribution in [1.29, 1.82) is 0 Å². The number of furan rings is 1. The Morgan fingerprint density at radius 2 is 0.979 bits per heavy atom. The second-order valence-corrected chi connectivity index (χ2v) is 12.6. The summed E-state index contributed by atoms with van der Waals surface area (Å²) in [7, 11) is 0. The highest BCUT2D eigenvalue weighted by atomic mass is 32.1. The van der Waals surface area contributed by atoms with Crippen LogP contribution in [0.25, 0.3) is 65.0 Å². The van der Waals surface area contributed by atoms with Crippen LogP contribution in [-0.4, -0.2) is 4.98 Å². The van der Waals surface area contributed by atoms with E-state index in [0.29, 0.717) is 0 Å². The van der Waals surface area contributed by atoms with Gasteiger partial charge in [-0.1, -0.05) is 115 Å². The van der Waals surface area contributed by atoms with E-state index in [1.54, 1.807) is 11.3 Å². The zero-order valence-corrected chi connectivity index (χ0v) is 26.2. The predicted octanol–water partition coefficient (Wildman–Crippen LogP) is 12.7. The average molecular weight is 621 g/mol. The summed E-state index contributed by atoms with van der Waals surface area (Å²) in [5, 5.41) is 3.24. The fourth-order valence-corrected chi connectivity index (χ4v) is 7.51. The lowest BCUT2D eigenvalue weighted by atomic mass is 10.00. The molecule has 0 spiro atoms. The molecule has 0 fully saturated rings. The number of hydrogen-bond donors (Lipinski definition) is 0. The number of rotatable bonds is 6. The van der Waals surface area contributed by atoms with Crippen molar-refractivity contribution in [2.75, 3.05) is 4.90 Å². The molecule has 2 heterocycles. The zero-order chi connectivity index (χ0) is 31.2. The van der Waals surface area contributed by atoms with Crippen molar-refractivity contribution >= 4 is 60.6 Å². The first-order valence-corrected chi connectivity index (χ1v) is 16.5. The largest absolute Gasteiger partial charge is 0.456 e. The van der Waals surface area contributed by atoms with Gasteiger partial charge in [0.25, 0.3) is 0 Å². The number of fused-ring (bicyclic) bond motifs is 5. The maximum atomic E-state index is 6.51. The van der Waals surface area contributed by atoms with Gasteiger partial charge in [-0.05, 0) is 70.8 Å². The highest BCUT2D eigenvalue weighted by Gasteiger charge is 2.18. The van der Waals surface area contributed by atoms with Gasteiger partial charge >= 0.3 is 0 Å². The SMILES string of the molecule is c1ccc(-c2ccc(-c3ccc(N(c4ccccc4)c4ccc5c(c4)oc4ccc6nc(-c7ccccc7)sc6c45)cc3)cc2)cc1. The Morgan fingerprint density at radius 1 is 0.447 bits per heavy atom. The lowest BCUT2D eigenvalue weighted by molar-refractivity contribution is 0.669. The van der Waals surface area contributed by atoms with Crippen LogP contribution in [0.5, 0.6) is 0 Å². The van der Waals surface area contributed by atoms with E-state index in [4.69, 9.17) is 9.40 Å². The molecule has 0 aliphatic rings. The van der Waals surface area contributed by atoms with Crippen LogP contribution in [0.3, 0.4) is 0 Å². The normalized spacial score (nSPS) is 11.4. The molecule has 9 rings (SSSR count). The van der Waals surface area contributed by atoms with Gasteiger partial charge < -0.3 is 9.32 Å². The summed E-state index contributed by atoms with van der Waals surface area (Å²) in [4.78, 5) is 7.24. The number of para-hydroxylation sites is 1. The van der Waals surface area contributed by atoms with E-state index in [1.165, 1.54) is 22.3 Å². The third kappa shape index (κ3) is 4.96. The summed E-state index contributed by atoms with van der Waals surface area (Å²) in [5.41, 5.74) is 11.9. The molecule has 3 nitrogen and oxygen atoms in total. The number of benzene rings is 7. The van der Waals surface area contributed by atoms with Crippen LogP contribution in [0.1, 0.15) is 0 Å². The van der Waals surface area contributed by atoms with E-state index < -0.39 is 0 Å². The molecule has 0 amide bonds. The van der Waals surface area contributed by atoms with Gasteiger partial charge in [-0.2, -0.15) is 0 Å². The molecule has 0 atom stereocenters. The molecule has 0 radical (unpaired) electrons. The Morgan fingerprint density at radius 3 is 1.64 bits per heavy atom. The van der Waals surface area contributed by atoms with E-state index in [0.717, 1.165) is 59.8 Å². The van der Waals surface area contributed by atoms with Crippen LogP contribution in [0.15, 0.2) is 174 Å². The zero-order valence-electron chi connectivity index (χ0n) is 25.4. The Labute approximate surface area is 276 Å². The number of hydrogen-bond acceptors (Lipinski definition) is 4. The van der Waals surface area contributed by atoms with E-state index >= 15 is 0 Å². The Bertz CT molecular complexity index is 2480. The molecule has 0 saturated carbocycles. The molecule has 0 aliphatic carbocycles. The summed E-state index contributed by atoms with van der Waals surface area (Å²) in [6, 6.07) is 59.6. The summed E-state index contributed by atoms with van der Waals surface area (Å²) in [5.74, 6) is 0. The molecule has 0 bridgehead atoms. The first-order valence-electron chi connectivity index (χ1n) is 15.7. The number of nitrogens with zero attached hydrogens (tertiary/aromatic N) is 2. The van der Waals surface area contributed by atoms with Crippen LogP contribution in [0, 0.1) is 0 Å². The Kier molecular flexibility index (Phi) is 6.65. The monoisotopic (exact) mass is 620 g/mol. The molecule has 0 aliphatic heterocycles. The summed E-state index contributed by atoms with van der Waals surface area (Å²) >= 11 is 1.72. The smallest absolute Gasteiger partial charge is 0.137 e. The second kappa shape index (κ2) is 11.4. The van der Waals surface area contributed by atoms with Crippen molar-refractivity contribution in [2.24, 2.45) is 0 Å². The first kappa shape index (κ1) is 27.3. The fourth-order valence-electron chi connectivity index (χ4n) is 6.39. The molecule has 0 unspecified atom stereocenters. The Hall–Kier alpha value is -5.97. The van der Waals surface area contributed by atoms with Crippen molar-refractivity contribution < 1.29 is 4.42 Å². The highest BCUT2D eigenvalue weighted by molar-refractivity contribution is 7.22. The minimum atomic E-state index is 0.857. The number of aromatic nitrogens is 1. The van der Waals surface area contributed by atoms with Crippen LogP contribution in [0.2, 0.25) is 0 Å². The van der Waals surface area contributed by atoms with Crippen LogP contribution < -0.4 is 4.90 Å². The summed E-state index contributed by atoms with van der Waals surface area (Å²) in [6.07, 6.45) is 0. The summed E-state index contributed by atoms with van der Waals surface area (Å²) in [6.45, 7) is 0. The van der Waals surface area contributed by atoms with E-state index in [1.807, 2.05) is 18.2 Å². The van der Waals surface area contributed by atoms with Gasteiger partial charge in [0.15, 0.2) is 0 Å². The maximum Gasteiger partial charge on any atom is 0.137 e. The van der Waals surface area contributed by atoms with Crippen LogP contribution in [0.4, 0.5) is 17.1 Å². The summed E-state index contributed by atoms with van der Waals surface area (Å²) < 4.78 is 7.66. The molecular weight excluding hydrogens is 593 g/mol. The minimum Gasteiger partial charge on any atom is -0.456 e. The number of anilines is 3. The maximum absolute atomic E-state index is 6.51.